The van der Waals surface area contributed by atoms with Crippen molar-refractivity contribution in [2.45, 2.75) is 17.9 Å². The van der Waals surface area contributed by atoms with Gasteiger partial charge in [0.05, 0.1) is 12.7 Å². The van der Waals surface area contributed by atoms with Crippen LogP contribution in [0.3, 0.4) is 0 Å². The summed E-state index contributed by atoms with van der Waals surface area (Å²) in [6, 6.07) is 11.5. The predicted octanol–water partition coefficient (Wildman–Crippen LogP) is 3.12. The van der Waals surface area contributed by atoms with Gasteiger partial charge in [0, 0.05) is 34.4 Å². The van der Waals surface area contributed by atoms with Crippen LogP contribution in [0.2, 0.25) is 0 Å². The normalized spacial score (nSPS) is 21.8. The van der Waals surface area contributed by atoms with E-state index in [4.69, 9.17) is 4.74 Å². The highest BCUT2D eigenvalue weighted by atomic mass is 79.9. The molecule has 0 saturated heterocycles. The number of hydrogen-bond acceptors (Lipinski definition) is 4. The number of para-hydroxylation sites is 1. The van der Waals surface area contributed by atoms with Crippen molar-refractivity contribution in [3.8, 4) is 11.8 Å². The molecule has 1 aliphatic rings. The number of aromatic nitrogens is 1. The van der Waals surface area contributed by atoms with Gasteiger partial charge < -0.3 is 9.84 Å². The minimum Gasteiger partial charge on any atom is -0.493 e. The van der Waals surface area contributed by atoms with Gasteiger partial charge in [0.2, 0.25) is 0 Å². The number of rotatable bonds is 2. The minimum absolute atomic E-state index is 0.406. The summed E-state index contributed by atoms with van der Waals surface area (Å²) in [5.41, 5.74) is 0.325. The molecule has 0 radical (unpaired) electrons. The molecule has 1 aliphatic heterocycles. The van der Waals surface area contributed by atoms with Crippen molar-refractivity contribution in [3.63, 3.8) is 0 Å². The van der Waals surface area contributed by atoms with E-state index in [1.165, 1.54) is 0 Å². The Balaban J connectivity index is 2.12. The molecule has 2 aromatic rings. The van der Waals surface area contributed by atoms with Crippen LogP contribution in [-0.4, -0.2) is 16.7 Å². The van der Waals surface area contributed by atoms with Crippen LogP contribution in [0.5, 0.6) is 5.75 Å². The smallest absolute Gasteiger partial charge is 0.124 e. The zero-order chi connectivity index (χ0) is 14.9. The van der Waals surface area contributed by atoms with Crippen LogP contribution in [0.15, 0.2) is 47.2 Å². The SMILES string of the molecule is N#CC1(C(O)c2cncc(Br)c2)CCOc2ccccc21. The maximum Gasteiger partial charge on any atom is 0.124 e. The van der Waals surface area contributed by atoms with Crippen molar-refractivity contribution in [1.29, 1.82) is 5.26 Å². The molecule has 0 amide bonds. The average molecular weight is 345 g/mol. The summed E-state index contributed by atoms with van der Waals surface area (Å²) in [5, 5.41) is 20.6. The van der Waals surface area contributed by atoms with Gasteiger partial charge in [-0.15, -0.1) is 0 Å². The van der Waals surface area contributed by atoms with Crippen molar-refractivity contribution < 1.29 is 9.84 Å². The molecule has 0 aliphatic carbocycles. The second-order valence-electron chi connectivity index (χ2n) is 5.02. The molecule has 3 rings (SSSR count). The summed E-state index contributed by atoms with van der Waals surface area (Å²) < 4.78 is 6.37. The number of benzene rings is 1. The molecule has 0 fully saturated rings. The first kappa shape index (κ1) is 14.1. The molecule has 106 valence electrons. The molecule has 4 nitrogen and oxygen atoms in total. The largest absolute Gasteiger partial charge is 0.493 e. The predicted molar refractivity (Wildman–Crippen MR) is 80.7 cm³/mol. The second kappa shape index (κ2) is 5.47. The first-order valence-electron chi connectivity index (χ1n) is 6.59. The Labute approximate surface area is 131 Å². The number of aliphatic hydroxyl groups excluding tert-OH is 1. The molecule has 1 aromatic carbocycles. The lowest BCUT2D eigenvalue weighted by Gasteiger charge is -2.36. The van der Waals surface area contributed by atoms with Gasteiger partial charge >= 0.3 is 0 Å². The molecule has 1 aromatic heterocycles. The number of fused-ring (bicyclic) bond motifs is 1. The summed E-state index contributed by atoms with van der Waals surface area (Å²) in [6.45, 7) is 0.406. The first-order chi connectivity index (χ1) is 10.2. The lowest BCUT2D eigenvalue weighted by molar-refractivity contribution is 0.0803. The zero-order valence-electron chi connectivity index (χ0n) is 11.2. The average Bonchev–Trinajstić information content (AvgIpc) is 2.53. The van der Waals surface area contributed by atoms with E-state index in [1.54, 1.807) is 18.5 Å². The third-order valence-corrected chi connectivity index (χ3v) is 4.26. The van der Waals surface area contributed by atoms with E-state index in [0.29, 0.717) is 24.3 Å². The number of hydrogen-bond donors (Lipinski definition) is 1. The van der Waals surface area contributed by atoms with Gasteiger partial charge in [-0.05, 0) is 28.1 Å². The lowest BCUT2D eigenvalue weighted by Crippen LogP contribution is -2.37. The highest BCUT2D eigenvalue weighted by Crippen LogP contribution is 2.46. The van der Waals surface area contributed by atoms with Crippen LogP contribution < -0.4 is 4.74 Å². The van der Waals surface area contributed by atoms with E-state index in [2.05, 4.69) is 27.0 Å². The van der Waals surface area contributed by atoms with Gasteiger partial charge in [-0.25, -0.2) is 0 Å². The topological polar surface area (TPSA) is 66.1 Å². The number of ether oxygens (including phenoxy) is 1. The summed E-state index contributed by atoms with van der Waals surface area (Å²) >= 11 is 3.34. The van der Waals surface area contributed by atoms with E-state index in [0.717, 1.165) is 10.0 Å². The fourth-order valence-corrected chi connectivity index (χ4v) is 3.12. The third kappa shape index (κ3) is 2.31. The van der Waals surface area contributed by atoms with Crippen LogP contribution in [0.25, 0.3) is 0 Å². The quantitative estimate of drug-likeness (QED) is 0.908. The number of pyridine rings is 1. The van der Waals surface area contributed by atoms with Crippen LogP contribution in [0, 0.1) is 11.3 Å². The van der Waals surface area contributed by atoms with Crippen LogP contribution in [0.1, 0.15) is 23.7 Å². The van der Waals surface area contributed by atoms with Crippen LogP contribution >= 0.6 is 15.9 Å². The van der Waals surface area contributed by atoms with E-state index in [9.17, 15) is 10.4 Å². The minimum atomic E-state index is -1.02. The molecular weight excluding hydrogens is 332 g/mol. The Bertz CT molecular complexity index is 713. The highest BCUT2D eigenvalue weighted by Gasteiger charge is 2.45. The maximum absolute atomic E-state index is 10.8. The second-order valence-corrected chi connectivity index (χ2v) is 5.93. The standard InChI is InChI=1S/C16H13BrN2O2/c17-12-7-11(8-19-9-12)15(20)16(10-18)5-6-21-14-4-2-1-3-13(14)16/h1-4,7-9,15,20H,5-6H2. The molecular formula is C16H13BrN2O2. The van der Waals surface area contributed by atoms with Gasteiger partial charge in [-0.2, -0.15) is 5.26 Å². The molecule has 0 spiro atoms. The molecule has 2 heterocycles. The monoisotopic (exact) mass is 344 g/mol. The van der Waals surface area contributed by atoms with Crippen molar-refractivity contribution in [3.05, 3.63) is 58.3 Å². The number of nitrogens with zero attached hydrogens (tertiary/aromatic N) is 2. The molecule has 0 bridgehead atoms. The van der Waals surface area contributed by atoms with Gasteiger partial charge in [0.1, 0.15) is 17.3 Å². The number of halogens is 1. The molecule has 0 saturated carbocycles. The summed E-state index contributed by atoms with van der Waals surface area (Å²) in [6.07, 6.45) is 2.71. The number of nitriles is 1. The van der Waals surface area contributed by atoms with Crippen molar-refractivity contribution in [2.75, 3.05) is 6.61 Å². The Morgan fingerprint density at radius 2 is 2.19 bits per heavy atom. The van der Waals surface area contributed by atoms with Crippen molar-refractivity contribution >= 4 is 15.9 Å². The molecule has 1 N–H and O–H groups in total. The summed E-state index contributed by atoms with van der Waals surface area (Å²) in [7, 11) is 0. The van der Waals surface area contributed by atoms with Crippen molar-refractivity contribution in [2.24, 2.45) is 0 Å². The fraction of sp³-hybridized carbons (Fsp3) is 0.250. The Hall–Kier alpha value is -1.90. The van der Waals surface area contributed by atoms with E-state index >= 15 is 0 Å². The number of aliphatic hydroxyl groups is 1. The lowest BCUT2D eigenvalue weighted by atomic mass is 9.71. The Morgan fingerprint density at radius 1 is 1.38 bits per heavy atom. The molecule has 2 unspecified atom stereocenters. The van der Waals surface area contributed by atoms with Gasteiger partial charge in [0.15, 0.2) is 0 Å². The molecule has 2 atom stereocenters. The fourth-order valence-electron chi connectivity index (χ4n) is 2.74. The zero-order valence-corrected chi connectivity index (χ0v) is 12.7. The van der Waals surface area contributed by atoms with Crippen molar-refractivity contribution in [1.82, 2.24) is 4.98 Å². The molecule has 21 heavy (non-hydrogen) atoms. The van der Waals surface area contributed by atoms with E-state index in [1.807, 2.05) is 24.3 Å². The first-order valence-corrected chi connectivity index (χ1v) is 7.39. The third-order valence-electron chi connectivity index (χ3n) is 3.83. The van der Waals surface area contributed by atoms with Gasteiger partial charge in [0.25, 0.3) is 0 Å². The van der Waals surface area contributed by atoms with Crippen LogP contribution in [0.4, 0.5) is 0 Å². The molecule has 5 heteroatoms. The Kier molecular flexibility index (Phi) is 3.66. The van der Waals surface area contributed by atoms with Gasteiger partial charge in [-0.1, -0.05) is 18.2 Å². The summed E-state index contributed by atoms with van der Waals surface area (Å²) in [4.78, 5) is 4.07. The van der Waals surface area contributed by atoms with Crippen LogP contribution in [-0.2, 0) is 5.41 Å². The van der Waals surface area contributed by atoms with E-state index < -0.39 is 11.5 Å². The van der Waals surface area contributed by atoms with E-state index in [-0.39, 0.29) is 0 Å². The Morgan fingerprint density at radius 3 is 2.95 bits per heavy atom. The maximum atomic E-state index is 10.8. The van der Waals surface area contributed by atoms with Gasteiger partial charge in [-0.3, -0.25) is 4.98 Å². The summed E-state index contributed by atoms with van der Waals surface area (Å²) in [5.74, 6) is 0.660. The highest BCUT2D eigenvalue weighted by molar-refractivity contribution is 9.10.